The molecule has 2 rings (SSSR count). The number of nitrogens with zero attached hydrogens (tertiary/aromatic N) is 3. The molecule has 0 aliphatic carbocycles. The number of amides is 1. The summed E-state index contributed by atoms with van der Waals surface area (Å²) in [6, 6.07) is 1.80. The second kappa shape index (κ2) is 7.45. The summed E-state index contributed by atoms with van der Waals surface area (Å²) in [6.07, 6.45) is 0. The highest BCUT2D eigenvalue weighted by Gasteiger charge is 2.22. The Morgan fingerprint density at radius 3 is 2.39 bits per heavy atom. The lowest BCUT2D eigenvalue weighted by atomic mass is 9.92. The minimum Gasteiger partial charge on any atom is -0.338 e. The molecule has 6 nitrogen and oxygen atoms in total. The van der Waals surface area contributed by atoms with Crippen molar-refractivity contribution in [2.75, 3.05) is 44.6 Å². The van der Waals surface area contributed by atoms with E-state index in [1.807, 2.05) is 0 Å². The highest BCUT2D eigenvalue weighted by Crippen LogP contribution is 2.23. The fraction of sp³-hybridized carbons (Fsp3) is 0.765. The number of carbonyl (C=O) groups is 1. The minimum atomic E-state index is -0.0841. The molecule has 1 fully saturated rings. The third kappa shape index (κ3) is 5.62. The van der Waals surface area contributed by atoms with Crippen LogP contribution in [0.25, 0.3) is 0 Å². The van der Waals surface area contributed by atoms with Crippen molar-refractivity contribution < 1.29 is 9.32 Å². The maximum Gasteiger partial charge on any atom is 0.240 e. The molecule has 2 heterocycles. The van der Waals surface area contributed by atoms with Crippen LogP contribution >= 0.6 is 0 Å². The molecule has 0 aromatic carbocycles. The van der Waals surface area contributed by atoms with Crippen LogP contribution in [0.1, 0.15) is 40.3 Å². The number of piperazine rings is 1. The number of hydrogen-bond donors (Lipinski definition) is 1. The van der Waals surface area contributed by atoms with Gasteiger partial charge in [0.1, 0.15) is 0 Å². The van der Waals surface area contributed by atoms with E-state index in [0.29, 0.717) is 18.3 Å². The summed E-state index contributed by atoms with van der Waals surface area (Å²) < 4.78 is 5.20. The van der Waals surface area contributed by atoms with Gasteiger partial charge < -0.3 is 9.42 Å². The summed E-state index contributed by atoms with van der Waals surface area (Å²) in [5.41, 5.74) is 0.759. The molecule has 1 amide bonds. The largest absolute Gasteiger partial charge is 0.338 e. The molecule has 6 heteroatoms. The number of rotatable bonds is 5. The second-order valence-electron chi connectivity index (χ2n) is 7.85. The molecule has 0 radical (unpaired) electrons. The van der Waals surface area contributed by atoms with Gasteiger partial charge >= 0.3 is 0 Å². The van der Waals surface area contributed by atoms with Crippen molar-refractivity contribution in [1.82, 2.24) is 15.0 Å². The monoisotopic (exact) mass is 322 g/mol. The van der Waals surface area contributed by atoms with E-state index in [9.17, 15) is 4.79 Å². The van der Waals surface area contributed by atoms with Gasteiger partial charge in [0.05, 0.1) is 12.2 Å². The Morgan fingerprint density at radius 2 is 1.87 bits per heavy atom. The van der Waals surface area contributed by atoms with E-state index in [0.717, 1.165) is 38.4 Å². The fourth-order valence-electron chi connectivity index (χ4n) is 2.71. The van der Waals surface area contributed by atoms with Gasteiger partial charge in [-0.05, 0) is 5.92 Å². The first-order valence-electron chi connectivity index (χ1n) is 8.46. The van der Waals surface area contributed by atoms with E-state index in [2.05, 4.69) is 54.9 Å². The van der Waals surface area contributed by atoms with Crippen LogP contribution in [0.3, 0.4) is 0 Å². The third-order valence-corrected chi connectivity index (χ3v) is 4.00. The van der Waals surface area contributed by atoms with Crippen LogP contribution in [0.15, 0.2) is 10.6 Å². The molecule has 0 saturated carbocycles. The van der Waals surface area contributed by atoms with Crippen LogP contribution in [-0.4, -0.2) is 60.1 Å². The Morgan fingerprint density at radius 1 is 1.26 bits per heavy atom. The fourth-order valence-corrected chi connectivity index (χ4v) is 2.71. The van der Waals surface area contributed by atoms with Crippen molar-refractivity contribution >= 4 is 11.8 Å². The third-order valence-electron chi connectivity index (χ3n) is 4.00. The van der Waals surface area contributed by atoms with Crippen LogP contribution < -0.4 is 5.32 Å². The van der Waals surface area contributed by atoms with Crippen LogP contribution in [-0.2, 0) is 10.2 Å². The van der Waals surface area contributed by atoms with E-state index >= 15 is 0 Å². The molecule has 1 aliphatic rings. The molecule has 1 saturated heterocycles. The summed E-state index contributed by atoms with van der Waals surface area (Å²) in [7, 11) is 0. The summed E-state index contributed by atoms with van der Waals surface area (Å²) in [5, 5.41) is 6.82. The van der Waals surface area contributed by atoms with Crippen LogP contribution in [0.2, 0.25) is 0 Å². The summed E-state index contributed by atoms with van der Waals surface area (Å²) in [5.74, 6) is 1.07. The van der Waals surface area contributed by atoms with Gasteiger partial charge in [0.25, 0.3) is 0 Å². The van der Waals surface area contributed by atoms with E-state index in [1.54, 1.807) is 6.07 Å². The smallest absolute Gasteiger partial charge is 0.240 e. The number of hydrogen-bond acceptors (Lipinski definition) is 5. The van der Waals surface area contributed by atoms with Gasteiger partial charge in [-0.3, -0.25) is 15.0 Å². The minimum absolute atomic E-state index is 0.0427. The Kier molecular flexibility index (Phi) is 5.81. The van der Waals surface area contributed by atoms with Crippen LogP contribution in [0.5, 0.6) is 0 Å². The molecule has 0 spiro atoms. The zero-order chi connectivity index (χ0) is 17.0. The second-order valence-corrected chi connectivity index (χ2v) is 7.85. The SMILES string of the molecule is CC(C)CN1CCN(CC(=O)Nc2cc(C(C)(C)C)no2)CC1. The maximum atomic E-state index is 12.1. The molecular formula is C17H30N4O2. The summed E-state index contributed by atoms with van der Waals surface area (Å²) in [6.45, 7) is 16.1. The lowest BCUT2D eigenvalue weighted by Crippen LogP contribution is -2.49. The van der Waals surface area contributed by atoms with E-state index in [-0.39, 0.29) is 11.3 Å². The van der Waals surface area contributed by atoms with Gasteiger partial charge in [0.2, 0.25) is 11.8 Å². The molecule has 130 valence electrons. The molecule has 1 aromatic heterocycles. The first-order valence-corrected chi connectivity index (χ1v) is 8.46. The Bertz CT molecular complexity index is 511. The van der Waals surface area contributed by atoms with Crippen molar-refractivity contribution in [1.29, 1.82) is 0 Å². The van der Waals surface area contributed by atoms with Gasteiger partial charge in [0.15, 0.2) is 0 Å². The first-order chi connectivity index (χ1) is 10.7. The number of anilines is 1. The molecule has 0 atom stereocenters. The van der Waals surface area contributed by atoms with Gasteiger partial charge in [-0.25, -0.2) is 0 Å². The zero-order valence-electron chi connectivity index (χ0n) is 15.1. The van der Waals surface area contributed by atoms with Crippen LogP contribution in [0, 0.1) is 5.92 Å². The molecule has 1 aromatic rings. The Hall–Kier alpha value is -1.40. The summed E-state index contributed by atoms with van der Waals surface area (Å²) >= 11 is 0. The van der Waals surface area contributed by atoms with Gasteiger partial charge in [-0.1, -0.05) is 39.8 Å². The predicted molar refractivity (Wildman–Crippen MR) is 91.6 cm³/mol. The Balaban J connectivity index is 1.76. The topological polar surface area (TPSA) is 61.6 Å². The van der Waals surface area contributed by atoms with Crippen LogP contribution in [0.4, 0.5) is 5.88 Å². The molecule has 0 bridgehead atoms. The predicted octanol–water partition coefficient (Wildman–Crippen LogP) is 2.18. The number of carbonyl (C=O) groups excluding carboxylic acids is 1. The van der Waals surface area contributed by atoms with Crippen molar-refractivity contribution in [3.05, 3.63) is 11.8 Å². The van der Waals surface area contributed by atoms with E-state index < -0.39 is 0 Å². The van der Waals surface area contributed by atoms with E-state index in [1.165, 1.54) is 0 Å². The van der Waals surface area contributed by atoms with Crippen molar-refractivity contribution in [2.24, 2.45) is 5.92 Å². The molecule has 1 aliphatic heterocycles. The highest BCUT2D eigenvalue weighted by atomic mass is 16.5. The lowest BCUT2D eigenvalue weighted by molar-refractivity contribution is -0.117. The highest BCUT2D eigenvalue weighted by molar-refractivity contribution is 5.91. The number of aromatic nitrogens is 1. The number of nitrogens with one attached hydrogen (secondary N) is 1. The lowest BCUT2D eigenvalue weighted by Gasteiger charge is -2.35. The van der Waals surface area contributed by atoms with Crippen molar-refractivity contribution in [2.45, 2.75) is 40.0 Å². The zero-order valence-corrected chi connectivity index (χ0v) is 15.1. The standard InChI is InChI=1S/C17H30N4O2/c1-13(2)11-20-6-8-21(9-7-20)12-15(22)18-16-10-14(19-23-16)17(3,4)5/h10,13H,6-9,11-12H2,1-5H3,(H,18,22). The van der Waals surface area contributed by atoms with Gasteiger partial charge in [-0.15, -0.1) is 0 Å². The first kappa shape index (κ1) is 17.9. The van der Waals surface area contributed by atoms with Crippen molar-refractivity contribution in [3.8, 4) is 0 Å². The molecule has 23 heavy (non-hydrogen) atoms. The quantitative estimate of drug-likeness (QED) is 0.900. The Labute approximate surface area is 139 Å². The average molecular weight is 322 g/mol. The van der Waals surface area contributed by atoms with Gasteiger partial charge in [-0.2, -0.15) is 0 Å². The molecule has 1 N–H and O–H groups in total. The van der Waals surface area contributed by atoms with Gasteiger partial charge in [0, 0.05) is 44.2 Å². The normalized spacial score (nSPS) is 17.7. The van der Waals surface area contributed by atoms with Crippen molar-refractivity contribution in [3.63, 3.8) is 0 Å². The molecular weight excluding hydrogens is 292 g/mol. The average Bonchev–Trinajstić information content (AvgIpc) is 2.89. The maximum absolute atomic E-state index is 12.1. The molecule has 0 unspecified atom stereocenters. The summed E-state index contributed by atoms with van der Waals surface area (Å²) in [4.78, 5) is 16.8. The van der Waals surface area contributed by atoms with E-state index in [4.69, 9.17) is 4.52 Å².